The van der Waals surface area contributed by atoms with Crippen molar-refractivity contribution >= 4 is 5.97 Å². The molecular weight excluding hydrogens is 448 g/mol. The first-order valence-corrected chi connectivity index (χ1v) is 11.6. The summed E-state index contributed by atoms with van der Waals surface area (Å²) in [5.74, 6) is -0.403. The lowest BCUT2D eigenvalue weighted by atomic mass is 10.2. The van der Waals surface area contributed by atoms with E-state index in [4.69, 9.17) is 37.9 Å². The Morgan fingerprint density at radius 1 is 0.529 bits per heavy atom. The lowest BCUT2D eigenvalue weighted by molar-refractivity contribution is -0.146. The van der Waals surface area contributed by atoms with Crippen LogP contribution in [0.1, 0.15) is 5.56 Å². The van der Waals surface area contributed by atoms with Crippen LogP contribution in [-0.2, 0) is 54.0 Å². The molecule has 0 saturated heterocycles. The van der Waals surface area contributed by atoms with Crippen molar-refractivity contribution in [2.24, 2.45) is 0 Å². The molecule has 34 heavy (non-hydrogen) atoms. The second-order valence-corrected chi connectivity index (χ2v) is 6.84. The molecule has 1 aromatic carbocycles. The molecule has 0 fully saturated rings. The minimum absolute atomic E-state index is 0.0637. The summed E-state index contributed by atoms with van der Waals surface area (Å²) in [4.78, 5) is 10.8. The first-order valence-electron chi connectivity index (χ1n) is 11.6. The molecule has 1 aromatic rings. The topological polar surface area (TPSA) is 100 Å². The van der Waals surface area contributed by atoms with Gasteiger partial charge in [-0.15, -0.1) is 0 Å². The van der Waals surface area contributed by atoms with E-state index in [1.807, 2.05) is 30.3 Å². The molecule has 10 nitrogen and oxygen atoms in total. The van der Waals surface area contributed by atoms with Gasteiger partial charge in [0.05, 0.1) is 106 Å². The molecule has 196 valence electrons. The molecule has 0 amide bonds. The Morgan fingerprint density at radius 3 is 1.26 bits per heavy atom. The van der Waals surface area contributed by atoms with Gasteiger partial charge in [0.15, 0.2) is 0 Å². The lowest BCUT2D eigenvalue weighted by Crippen LogP contribution is -2.16. The van der Waals surface area contributed by atoms with Crippen LogP contribution in [0.5, 0.6) is 0 Å². The highest BCUT2D eigenvalue weighted by molar-refractivity contribution is 5.70. The van der Waals surface area contributed by atoms with Crippen molar-refractivity contribution in [2.75, 3.05) is 106 Å². The number of hydrogen-bond donors (Lipinski definition) is 0. The van der Waals surface area contributed by atoms with Crippen molar-refractivity contribution in [3.63, 3.8) is 0 Å². The summed E-state index contributed by atoms with van der Waals surface area (Å²) in [5, 5.41) is 0. The fourth-order valence-electron chi connectivity index (χ4n) is 2.42. The number of rotatable bonds is 25. The van der Waals surface area contributed by atoms with Gasteiger partial charge >= 0.3 is 5.97 Å². The molecule has 0 bridgehead atoms. The van der Waals surface area contributed by atoms with Crippen molar-refractivity contribution in [2.45, 2.75) is 6.61 Å². The Labute approximate surface area is 202 Å². The van der Waals surface area contributed by atoms with E-state index >= 15 is 0 Å². The van der Waals surface area contributed by atoms with E-state index in [1.165, 1.54) is 7.11 Å². The van der Waals surface area contributed by atoms with Crippen LogP contribution in [-0.4, -0.2) is 112 Å². The zero-order valence-electron chi connectivity index (χ0n) is 20.3. The standard InChI is InChI=1S/C24H40O10/c1-26-24(25)22-34-20-18-32-16-14-30-12-10-28-8-7-27-9-11-29-13-15-31-17-19-33-21-23-5-3-2-4-6-23/h2-6H,7-22H2,1H3. The Hall–Kier alpha value is -1.63. The van der Waals surface area contributed by atoms with Crippen molar-refractivity contribution in [1.29, 1.82) is 0 Å². The molecule has 0 saturated carbocycles. The first-order chi connectivity index (χ1) is 16.8. The Balaban J connectivity index is 1.65. The van der Waals surface area contributed by atoms with Crippen LogP contribution in [0, 0.1) is 0 Å². The fraction of sp³-hybridized carbons (Fsp3) is 0.708. The van der Waals surface area contributed by atoms with Gasteiger partial charge in [-0.2, -0.15) is 0 Å². The van der Waals surface area contributed by atoms with Crippen molar-refractivity contribution in [1.82, 2.24) is 0 Å². The van der Waals surface area contributed by atoms with Gasteiger partial charge in [-0.1, -0.05) is 30.3 Å². The predicted molar refractivity (Wildman–Crippen MR) is 124 cm³/mol. The van der Waals surface area contributed by atoms with Crippen LogP contribution in [0.25, 0.3) is 0 Å². The molecule has 0 radical (unpaired) electrons. The summed E-state index contributed by atoms with van der Waals surface area (Å²) < 4.78 is 47.5. The smallest absolute Gasteiger partial charge is 0.331 e. The van der Waals surface area contributed by atoms with Gasteiger partial charge in [0.1, 0.15) is 6.61 Å². The molecule has 0 N–H and O–H groups in total. The number of carbonyl (C=O) groups is 1. The SMILES string of the molecule is COC(=O)COCCOCCOCCOCCOCCOCCOCCOCc1ccccc1. The van der Waals surface area contributed by atoms with Crippen molar-refractivity contribution in [3.05, 3.63) is 35.9 Å². The monoisotopic (exact) mass is 488 g/mol. The Morgan fingerprint density at radius 2 is 0.882 bits per heavy atom. The van der Waals surface area contributed by atoms with Gasteiger partial charge in [0.2, 0.25) is 0 Å². The molecule has 0 heterocycles. The van der Waals surface area contributed by atoms with Gasteiger partial charge in [-0.25, -0.2) is 4.79 Å². The van der Waals surface area contributed by atoms with Gasteiger partial charge in [0.25, 0.3) is 0 Å². The number of ether oxygens (including phenoxy) is 9. The Bertz CT molecular complexity index is 558. The van der Waals surface area contributed by atoms with Crippen LogP contribution < -0.4 is 0 Å². The molecule has 0 aromatic heterocycles. The maximum Gasteiger partial charge on any atom is 0.331 e. The number of hydrogen-bond acceptors (Lipinski definition) is 10. The molecule has 0 aliphatic rings. The Kier molecular flexibility index (Phi) is 21.9. The van der Waals surface area contributed by atoms with E-state index in [0.29, 0.717) is 99.1 Å². The minimum Gasteiger partial charge on any atom is -0.467 e. The van der Waals surface area contributed by atoms with E-state index < -0.39 is 5.97 Å². The van der Waals surface area contributed by atoms with Gasteiger partial charge < -0.3 is 42.6 Å². The fourth-order valence-corrected chi connectivity index (χ4v) is 2.42. The van der Waals surface area contributed by atoms with Gasteiger partial charge in [0, 0.05) is 0 Å². The van der Waals surface area contributed by atoms with E-state index in [1.54, 1.807) is 0 Å². The van der Waals surface area contributed by atoms with Crippen LogP contribution in [0.3, 0.4) is 0 Å². The summed E-state index contributed by atoms with van der Waals surface area (Å²) in [7, 11) is 1.32. The zero-order chi connectivity index (χ0) is 24.4. The average molecular weight is 489 g/mol. The third-order valence-electron chi connectivity index (χ3n) is 4.16. The van der Waals surface area contributed by atoms with Crippen molar-refractivity contribution < 1.29 is 47.4 Å². The number of methoxy groups -OCH3 is 1. The van der Waals surface area contributed by atoms with E-state index in [2.05, 4.69) is 4.74 Å². The molecule has 10 heteroatoms. The van der Waals surface area contributed by atoms with Gasteiger partial charge in [-0.05, 0) is 5.56 Å². The summed E-state index contributed by atoms with van der Waals surface area (Å²) >= 11 is 0. The minimum atomic E-state index is -0.403. The second kappa shape index (κ2) is 24.5. The van der Waals surface area contributed by atoms with Crippen LogP contribution in [0.2, 0.25) is 0 Å². The third kappa shape index (κ3) is 20.9. The quantitative estimate of drug-likeness (QED) is 0.149. The summed E-state index contributed by atoms with van der Waals surface area (Å²) in [5.41, 5.74) is 1.16. The predicted octanol–water partition coefficient (Wildman–Crippen LogP) is 1.49. The summed E-state index contributed by atoms with van der Waals surface area (Å²) in [6.45, 7) is 7.40. The number of benzene rings is 1. The highest BCUT2D eigenvalue weighted by Gasteiger charge is 1.99. The molecule has 0 atom stereocenters. The number of esters is 1. The third-order valence-corrected chi connectivity index (χ3v) is 4.16. The zero-order valence-corrected chi connectivity index (χ0v) is 20.3. The van der Waals surface area contributed by atoms with E-state index in [0.717, 1.165) is 5.56 Å². The van der Waals surface area contributed by atoms with Crippen LogP contribution in [0.15, 0.2) is 30.3 Å². The average Bonchev–Trinajstić information content (AvgIpc) is 2.87. The number of carbonyl (C=O) groups excluding carboxylic acids is 1. The van der Waals surface area contributed by atoms with Crippen LogP contribution in [0.4, 0.5) is 0 Å². The molecule has 0 aliphatic heterocycles. The molecule has 0 spiro atoms. The lowest BCUT2D eigenvalue weighted by Gasteiger charge is -2.08. The highest BCUT2D eigenvalue weighted by atomic mass is 16.6. The maximum atomic E-state index is 10.8. The molecule has 1 rings (SSSR count). The largest absolute Gasteiger partial charge is 0.467 e. The molecular formula is C24H40O10. The second-order valence-electron chi connectivity index (χ2n) is 6.84. The summed E-state index contributed by atoms with van der Waals surface area (Å²) in [6.07, 6.45) is 0. The van der Waals surface area contributed by atoms with Crippen LogP contribution >= 0.6 is 0 Å². The molecule has 0 aliphatic carbocycles. The molecule has 0 unspecified atom stereocenters. The maximum absolute atomic E-state index is 10.8. The normalized spacial score (nSPS) is 11.1. The first kappa shape index (κ1) is 30.4. The summed E-state index contributed by atoms with van der Waals surface area (Å²) in [6, 6.07) is 10.1. The highest BCUT2D eigenvalue weighted by Crippen LogP contribution is 1.99. The van der Waals surface area contributed by atoms with Crippen molar-refractivity contribution in [3.8, 4) is 0 Å². The van der Waals surface area contributed by atoms with Gasteiger partial charge in [-0.3, -0.25) is 0 Å². The van der Waals surface area contributed by atoms with E-state index in [9.17, 15) is 4.79 Å². The van der Waals surface area contributed by atoms with E-state index in [-0.39, 0.29) is 6.61 Å².